The highest BCUT2D eigenvalue weighted by Gasteiger charge is 2.24. The predicted molar refractivity (Wildman–Crippen MR) is 165 cm³/mol. The number of benzene rings is 1. The molecule has 2 aromatic heterocycles. The summed E-state index contributed by atoms with van der Waals surface area (Å²) in [5.41, 5.74) is 3.66. The van der Waals surface area contributed by atoms with E-state index in [0.717, 1.165) is 54.7 Å². The minimum Gasteiger partial charge on any atom is -0.360 e. The van der Waals surface area contributed by atoms with Gasteiger partial charge in [-0.2, -0.15) is 0 Å². The predicted octanol–water partition coefficient (Wildman–Crippen LogP) is 6.61. The first-order valence-corrected chi connectivity index (χ1v) is 15.1. The Hall–Kier alpha value is -2.48. The lowest BCUT2D eigenvalue weighted by molar-refractivity contribution is 0.299. The quantitative estimate of drug-likeness (QED) is 0.314. The normalized spacial score (nSPS) is 17.4. The zero-order valence-electron chi connectivity index (χ0n) is 23.4. The van der Waals surface area contributed by atoms with Gasteiger partial charge in [0, 0.05) is 59.8 Å². The molecule has 1 aliphatic carbocycles. The zero-order chi connectivity index (χ0) is 27.5. The van der Waals surface area contributed by atoms with Crippen LogP contribution in [0.3, 0.4) is 0 Å². The third kappa shape index (κ3) is 9.30. The van der Waals surface area contributed by atoms with Crippen molar-refractivity contribution in [1.29, 1.82) is 0 Å². The van der Waals surface area contributed by atoms with Crippen LogP contribution >= 0.6 is 23.8 Å². The molecular weight excluding hydrogens is 524 g/mol. The average Bonchev–Trinajstić information content (AvgIpc) is 3.51. The number of rotatable bonds is 7. The lowest BCUT2D eigenvalue weighted by Crippen LogP contribution is -2.47. The Balaban J connectivity index is 0.000000181. The molecule has 0 amide bonds. The Morgan fingerprint density at radius 3 is 2.44 bits per heavy atom. The Kier molecular flexibility index (Phi) is 11.6. The number of likely N-dealkylation sites (tertiary alicyclic amines) is 1. The van der Waals surface area contributed by atoms with E-state index in [1.54, 1.807) is 6.33 Å². The fourth-order valence-corrected chi connectivity index (χ4v) is 6.02. The monoisotopic (exact) mass is 566 g/mol. The molecule has 1 aromatic carbocycles. The van der Waals surface area contributed by atoms with E-state index in [9.17, 15) is 0 Å². The van der Waals surface area contributed by atoms with Gasteiger partial charge in [-0.15, -0.1) is 0 Å². The number of pyridine rings is 1. The second-order valence-electron chi connectivity index (χ2n) is 11.0. The molecule has 5 rings (SSSR count). The second-order valence-corrected chi connectivity index (χ2v) is 11.8. The van der Waals surface area contributed by atoms with Gasteiger partial charge in [0.2, 0.25) is 0 Å². The molecule has 3 heterocycles. The number of thiocarbonyl (C=S) groups is 1. The number of piperidine rings is 1. The van der Waals surface area contributed by atoms with Crippen molar-refractivity contribution < 1.29 is 0 Å². The summed E-state index contributed by atoms with van der Waals surface area (Å²) in [7, 11) is 4.19. The Morgan fingerprint density at radius 1 is 1.08 bits per heavy atom. The topological polar surface area (TPSA) is 60.1 Å². The van der Waals surface area contributed by atoms with Gasteiger partial charge in [0.25, 0.3) is 0 Å². The summed E-state index contributed by atoms with van der Waals surface area (Å²) < 4.78 is 0. The molecule has 1 saturated heterocycles. The third-order valence-corrected chi connectivity index (χ3v) is 8.48. The van der Waals surface area contributed by atoms with Gasteiger partial charge in [-0.3, -0.25) is 4.98 Å². The van der Waals surface area contributed by atoms with Crippen molar-refractivity contribution in [3.63, 3.8) is 0 Å². The first-order valence-electron chi connectivity index (χ1n) is 14.3. The number of hydrogen-bond acceptors (Lipinski definition) is 4. The van der Waals surface area contributed by atoms with Crippen molar-refractivity contribution in [2.45, 2.75) is 69.2 Å². The van der Waals surface area contributed by atoms with E-state index < -0.39 is 0 Å². The van der Waals surface area contributed by atoms with Crippen molar-refractivity contribution in [2.24, 2.45) is 0 Å². The highest BCUT2D eigenvalue weighted by atomic mass is 35.5. The molecule has 6 nitrogen and oxygen atoms in total. The molecule has 1 aliphatic heterocycles. The maximum atomic E-state index is 5.97. The number of nitrogens with one attached hydrogen (secondary N) is 2. The molecule has 210 valence electrons. The summed E-state index contributed by atoms with van der Waals surface area (Å²) in [6.07, 6.45) is 15.6. The number of aromatic amines is 1. The minimum atomic E-state index is 0.320. The first kappa shape index (κ1) is 29.5. The number of aromatic nitrogens is 3. The van der Waals surface area contributed by atoms with E-state index in [-0.39, 0.29) is 0 Å². The number of nitrogens with zero attached hydrogens (tertiary/aromatic N) is 4. The maximum Gasteiger partial charge on any atom is 0.169 e. The van der Waals surface area contributed by atoms with Gasteiger partial charge in [-0.25, -0.2) is 4.98 Å². The number of H-pyrrole nitrogens is 1. The van der Waals surface area contributed by atoms with E-state index in [2.05, 4.69) is 62.4 Å². The first-order chi connectivity index (χ1) is 19.0. The van der Waals surface area contributed by atoms with E-state index in [1.807, 2.05) is 36.7 Å². The molecular formula is C31H43ClN6S. The molecule has 1 unspecified atom stereocenters. The van der Waals surface area contributed by atoms with E-state index in [1.165, 1.54) is 43.4 Å². The molecule has 0 radical (unpaired) electrons. The van der Waals surface area contributed by atoms with Gasteiger partial charge in [0.1, 0.15) is 0 Å². The van der Waals surface area contributed by atoms with Gasteiger partial charge in [-0.05, 0) is 94.8 Å². The molecule has 1 atom stereocenters. The Labute approximate surface area is 244 Å². The molecule has 3 aromatic rings. The van der Waals surface area contributed by atoms with Crippen LogP contribution in [0.5, 0.6) is 0 Å². The van der Waals surface area contributed by atoms with Gasteiger partial charge in [-0.1, -0.05) is 49.1 Å². The average molecular weight is 567 g/mol. The van der Waals surface area contributed by atoms with Crippen LogP contribution in [0.1, 0.15) is 80.2 Å². The molecule has 1 saturated carbocycles. The van der Waals surface area contributed by atoms with Gasteiger partial charge < -0.3 is 20.1 Å². The molecule has 2 fully saturated rings. The maximum absolute atomic E-state index is 5.97. The molecule has 2 aliphatic rings. The second kappa shape index (κ2) is 15.3. The fraction of sp³-hybridized carbons (Fsp3) is 0.516. The van der Waals surface area contributed by atoms with Crippen LogP contribution in [0.25, 0.3) is 0 Å². The third-order valence-electron chi connectivity index (χ3n) is 7.86. The summed E-state index contributed by atoms with van der Waals surface area (Å²) in [6, 6.07) is 14.8. The summed E-state index contributed by atoms with van der Waals surface area (Å²) in [5.74, 6) is 0.937. The van der Waals surface area contributed by atoms with Crippen molar-refractivity contribution >= 4 is 28.9 Å². The number of imidazole rings is 1. The number of hydrogen-bond donors (Lipinski definition) is 2. The lowest BCUT2D eigenvalue weighted by atomic mass is 9.92. The van der Waals surface area contributed by atoms with Crippen molar-refractivity contribution in [2.75, 3.05) is 33.7 Å². The minimum absolute atomic E-state index is 0.320. The van der Waals surface area contributed by atoms with Crippen LogP contribution in [0, 0.1) is 0 Å². The zero-order valence-corrected chi connectivity index (χ0v) is 24.9. The SMILES string of the molecule is CN(C)CCC(c1ccc(Cl)cc1)c1ccccn1.S=C(NC1CCCCC1)N1CCC(c2cnc[nH]2)CC1. The molecule has 39 heavy (non-hydrogen) atoms. The van der Waals surface area contributed by atoms with Crippen molar-refractivity contribution in [3.05, 3.63) is 83.2 Å². The standard InChI is InChI=1S/C16H19ClN2.C15H24N4S/c1-19(2)12-10-15(16-5-3-4-11-18-16)13-6-8-14(17)9-7-13;20-15(18-13-4-2-1-3-5-13)19-8-6-12(7-9-19)14-10-16-11-17-14/h3-9,11,15H,10,12H2,1-2H3;10-13H,1-9H2,(H,16,17)(H,18,20). The highest BCUT2D eigenvalue weighted by molar-refractivity contribution is 7.80. The largest absolute Gasteiger partial charge is 0.360 e. The van der Waals surface area contributed by atoms with Crippen LogP contribution in [0.4, 0.5) is 0 Å². The van der Waals surface area contributed by atoms with E-state index >= 15 is 0 Å². The summed E-state index contributed by atoms with van der Waals surface area (Å²) in [5, 5.41) is 5.32. The van der Waals surface area contributed by atoms with Crippen molar-refractivity contribution in [1.82, 2.24) is 30.1 Å². The fourth-order valence-electron chi connectivity index (χ4n) is 5.55. The molecule has 2 N–H and O–H groups in total. The Morgan fingerprint density at radius 2 is 1.82 bits per heavy atom. The van der Waals surface area contributed by atoms with Crippen LogP contribution in [0.2, 0.25) is 5.02 Å². The van der Waals surface area contributed by atoms with E-state index in [4.69, 9.17) is 23.8 Å². The number of halogens is 1. The lowest BCUT2D eigenvalue weighted by Gasteiger charge is -2.35. The van der Waals surface area contributed by atoms with Crippen LogP contribution in [0.15, 0.2) is 61.2 Å². The van der Waals surface area contributed by atoms with Crippen LogP contribution in [-0.2, 0) is 0 Å². The van der Waals surface area contributed by atoms with Gasteiger partial charge >= 0.3 is 0 Å². The summed E-state index contributed by atoms with van der Waals surface area (Å²) >= 11 is 11.6. The highest BCUT2D eigenvalue weighted by Crippen LogP contribution is 2.28. The molecule has 0 spiro atoms. The van der Waals surface area contributed by atoms with Gasteiger partial charge in [0.05, 0.1) is 6.33 Å². The summed E-state index contributed by atoms with van der Waals surface area (Å²) in [4.78, 5) is 16.4. The van der Waals surface area contributed by atoms with Gasteiger partial charge in [0.15, 0.2) is 5.11 Å². The van der Waals surface area contributed by atoms with E-state index in [0.29, 0.717) is 17.9 Å². The Bertz CT molecular complexity index is 1090. The summed E-state index contributed by atoms with van der Waals surface area (Å²) in [6.45, 7) is 3.15. The smallest absolute Gasteiger partial charge is 0.169 e. The van der Waals surface area contributed by atoms with Crippen molar-refractivity contribution in [3.8, 4) is 0 Å². The van der Waals surface area contributed by atoms with Crippen LogP contribution in [-0.4, -0.2) is 69.6 Å². The van der Waals surface area contributed by atoms with Crippen LogP contribution < -0.4 is 5.32 Å². The molecule has 0 bridgehead atoms. The molecule has 8 heteroatoms.